The van der Waals surface area contributed by atoms with Crippen LogP contribution < -0.4 is 0 Å². The lowest BCUT2D eigenvalue weighted by Gasteiger charge is -2.29. The number of hydrogen-bond acceptors (Lipinski definition) is 3. The topological polar surface area (TPSA) is 28.7 Å². The van der Waals surface area contributed by atoms with E-state index in [1.54, 1.807) is 0 Å². The van der Waals surface area contributed by atoms with Gasteiger partial charge in [0.25, 0.3) is 0 Å². The molecule has 108 valence electrons. The molecule has 0 aliphatic carbocycles. The Labute approximate surface area is 134 Å². The van der Waals surface area contributed by atoms with Gasteiger partial charge in [-0.3, -0.25) is 0 Å². The third-order valence-corrected chi connectivity index (χ3v) is 7.43. The van der Waals surface area contributed by atoms with Gasteiger partial charge in [-0.2, -0.15) is 5.26 Å². The fourth-order valence-electron chi connectivity index (χ4n) is 2.79. The van der Waals surface area contributed by atoms with Gasteiger partial charge >= 0.3 is 0 Å². The van der Waals surface area contributed by atoms with E-state index in [1.807, 2.05) is 23.5 Å². The van der Waals surface area contributed by atoms with Crippen LogP contribution in [-0.2, 0) is 17.5 Å². The molecule has 4 heteroatoms. The van der Waals surface area contributed by atoms with E-state index in [9.17, 15) is 0 Å². The molecule has 2 aromatic rings. The molecule has 2 heterocycles. The van der Waals surface area contributed by atoms with E-state index in [0.717, 1.165) is 17.2 Å². The van der Waals surface area contributed by atoms with Crippen LogP contribution in [0.2, 0.25) is 0 Å². The molecule has 1 fully saturated rings. The minimum atomic E-state index is -0.0316. The number of nitriles is 1. The largest absolute Gasteiger partial charge is 0.348 e. The van der Waals surface area contributed by atoms with Crippen LogP contribution >= 0.6 is 23.5 Å². The van der Waals surface area contributed by atoms with Gasteiger partial charge in [-0.1, -0.05) is 29.8 Å². The summed E-state index contributed by atoms with van der Waals surface area (Å²) in [5.41, 5.74) is 5.03. The number of nitrogens with zero attached hydrogens (tertiary/aromatic N) is 2. The molecule has 0 saturated carbocycles. The second-order valence-electron chi connectivity index (χ2n) is 5.28. The highest BCUT2D eigenvalue weighted by Crippen LogP contribution is 2.56. The molecule has 0 spiro atoms. The lowest BCUT2D eigenvalue weighted by atomic mass is 10.1. The van der Waals surface area contributed by atoms with Crippen LogP contribution in [-0.4, -0.2) is 16.1 Å². The molecule has 3 rings (SSSR count). The van der Waals surface area contributed by atoms with Crippen molar-refractivity contribution in [1.29, 1.82) is 5.26 Å². The van der Waals surface area contributed by atoms with E-state index < -0.39 is 0 Å². The summed E-state index contributed by atoms with van der Waals surface area (Å²) in [4.78, 5) is 0. The summed E-state index contributed by atoms with van der Waals surface area (Å²) in [7, 11) is 2.08. The van der Waals surface area contributed by atoms with Crippen LogP contribution in [0.1, 0.15) is 22.5 Å². The van der Waals surface area contributed by atoms with Gasteiger partial charge in [0.2, 0.25) is 0 Å². The Morgan fingerprint density at radius 1 is 1.14 bits per heavy atom. The molecule has 0 bridgehead atoms. The van der Waals surface area contributed by atoms with E-state index in [0.29, 0.717) is 6.42 Å². The van der Waals surface area contributed by atoms with Gasteiger partial charge in [-0.15, -0.1) is 23.5 Å². The van der Waals surface area contributed by atoms with Crippen LogP contribution in [0, 0.1) is 18.3 Å². The van der Waals surface area contributed by atoms with Gasteiger partial charge in [0.05, 0.1) is 12.5 Å². The maximum absolute atomic E-state index is 8.96. The lowest BCUT2D eigenvalue weighted by Crippen LogP contribution is -2.20. The van der Waals surface area contributed by atoms with Crippen molar-refractivity contribution in [1.82, 2.24) is 4.57 Å². The molecule has 0 amide bonds. The average Bonchev–Trinajstić information content (AvgIpc) is 3.09. The highest BCUT2D eigenvalue weighted by Gasteiger charge is 2.41. The van der Waals surface area contributed by atoms with Gasteiger partial charge in [-0.05, 0) is 24.6 Å². The lowest BCUT2D eigenvalue weighted by molar-refractivity contribution is 0.783. The maximum Gasteiger partial charge on any atom is 0.126 e. The Morgan fingerprint density at radius 2 is 1.81 bits per heavy atom. The van der Waals surface area contributed by atoms with E-state index in [-0.39, 0.29) is 4.08 Å². The molecular weight excluding hydrogens is 296 g/mol. The van der Waals surface area contributed by atoms with Crippen molar-refractivity contribution < 1.29 is 0 Å². The first-order valence-corrected chi connectivity index (χ1v) is 9.01. The van der Waals surface area contributed by atoms with Gasteiger partial charge < -0.3 is 4.57 Å². The molecular formula is C17H18N2S2. The van der Waals surface area contributed by atoms with Crippen LogP contribution in [0.3, 0.4) is 0 Å². The summed E-state index contributed by atoms with van der Waals surface area (Å²) in [6.45, 7) is 2.12. The standard InChI is InChI=1S/C17H18N2S2/c1-13-3-5-14(6-4-13)17(20-11-12-21-17)16-8-7-15(9-10-18)19(16)2/h3-8H,9,11-12H2,1-2H3. The predicted molar refractivity (Wildman–Crippen MR) is 91.6 cm³/mol. The zero-order valence-corrected chi connectivity index (χ0v) is 13.9. The van der Waals surface area contributed by atoms with Crippen LogP contribution in [0.4, 0.5) is 0 Å². The Bertz CT molecular complexity index is 674. The Balaban J connectivity index is 2.10. The first-order chi connectivity index (χ1) is 10.2. The number of rotatable bonds is 3. The van der Waals surface area contributed by atoms with Crippen LogP contribution in [0.5, 0.6) is 0 Å². The first-order valence-electron chi connectivity index (χ1n) is 7.04. The van der Waals surface area contributed by atoms with E-state index in [2.05, 4.69) is 61.0 Å². The highest BCUT2D eigenvalue weighted by atomic mass is 32.2. The fraction of sp³-hybridized carbons (Fsp3) is 0.353. The molecule has 1 aromatic carbocycles. The Morgan fingerprint density at radius 3 is 2.43 bits per heavy atom. The Kier molecular flexibility index (Phi) is 4.05. The summed E-state index contributed by atoms with van der Waals surface area (Å²) < 4.78 is 2.17. The van der Waals surface area contributed by atoms with E-state index >= 15 is 0 Å². The zero-order valence-electron chi connectivity index (χ0n) is 12.3. The summed E-state index contributed by atoms with van der Waals surface area (Å²) in [6.07, 6.45) is 0.468. The SMILES string of the molecule is Cc1ccc(C2(c3ccc(CC#N)n3C)SCCS2)cc1. The number of thioether (sulfide) groups is 2. The fourth-order valence-corrected chi connectivity index (χ4v) is 6.18. The summed E-state index contributed by atoms with van der Waals surface area (Å²) in [5.74, 6) is 2.33. The predicted octanol–water partition coefficient (Wildman–Crippen LogP) is 4.08. The summed E-state index contributed by atoms with van der Waals surface area (Å²) in [5, 5.41) is 8.96. The quantitative estimate of drug-likeness (QED) is 0.854. The minimum absolute atomic E-state index is 0.0316. The smallest absolute Gasteiger partial charge is 0.126 e. The molecule has 0 unspecified atom stereocenters. The number of hydrogen-bond donors (Lipinski definition) is 0. The van der Waals surface area contributed by atoms with Crippen molar-refractivity contribution in [3.05, 3.63) is 58.9 Å². The van der Waals surface area contributed by atoms with Gasteiger partial charge in [-0.25, -0.2) is 0 Å². The van der Waals surface area contributed by atoms with Crippen molar-refractivity contribution in [3.8, 4) is 6.07 Å². The molecule has 0 N–H and O–H groups in total. The van der Waals surface area contributed by atoms with Gasteiger partial charge in [0, 0.05) is 29.9 Å². The first kappa shape index (κ1) is 14.6. The van der Waals surface area contributed by atoms with Crippen LogP contribution in [0.25, 0.3) is 0 Å². The monoisotopic (exact) mass is 314 g/mol. The van der Waals surface area contributed by atoms with Crippen molar-refractivity contribution in [2.75, 3.05) is 11.5 Å². The molecule has 2 nitrogen and oxygen atoms in total. The minimum Gasteiger partial charge on any atom is -0.348 e. The van der Waals surface area contributed by atoms with Crippen molar-refractivity contribution in [2.45, 2.75) is 17.4 Å². The highest BCUT2D eigenvalue weighted by molar-refractivity contribution is 8.20. The Hall–Kier alpha value is -1.31. The molecule has 1 saturated heterocycles. The summed E-state index contributed by atoms with van der Waals surface area (Å²) >= 11 is 4.01. The van der Waals surface area contributed by atoms with E-state index in [4.69, 9.17) is 5.26 Å². The normalized spacial score (nSPS) is 16.8. The third kappa shape index (κ3) is 2.49. The average molecular weight is 314 g/mol. The number of aromatic nitrogens is 1. The van der Waals surface area contributed by atoms with E-state index in [1.165, 1.54) is 16.8 Å². The second-order valence-corrected chi connectivity index (χ2v) is 8.16. The zero-order chi connectivity index (χ0) is 14.9. The third-order valence-electron chi connectivity index (χ3n) is 3.95. The molecule has 1 aliphatic heterocycles. The molecule has 21 heavy (non-hydrogen) atoms. The van der Waals surface area contributed by atoms with Crippen molar-refractivity contribution >= 4 is 23.5 Å². The van der Waals surface area contributed by atoms with Gasteiger partial charge in [0.1, 0.15) is 4.08 Å². The molecule has 0 radical (unpaired) electrons. The maximum atomic E-state index is 8.96. The van der Waals surface area contributed by atoms with Gasteiger partial charge in [0.15, 0.2) is 0 Å². The van der Waals surface area contributed by atoms with Crippen LogP contribution in [0.15, 0.2) is 36.4 Å². The molecule has 1 aromatic heterocycles. The molecule has 1 aliphatic rings. The number of benzene rings is 1. The van der Waals surface area contributed by atoms with Crippen molar-refractivity contribution in [2.24, 2.45) is 7.05 Å². The summed E-state index contributed by atoms with van der Waals surface area (Å²) in [6, 6.07) is 15.4. The number of aryl methyl sites for hydroxylation is 1. The second kappa shape index (κ2) is 5.82. The molecule has 0 atom stereocenters. The van der Waals surface area contributed by atoms with Crippen molar-refractivity contribution in [3.63, 3.8) is 0 Å².